The van der Waals surface area contributed by atoms with Crippen LogP contribution in [0.3, 0.4) is 0 Å². The van der Waals surface area contributed by atoms with Gasteiger partial charge in [0.2, 0.25) is 0 Å². The molecule has 5 rings (SSSR count). The summed E-state index contributed by atoms with van der Waals surface area (Å²) in [5.41, 5.74) is 6.26. The highest BCUT2D eigenvalue weighted by Gasteiger charge is 2.30. The van der Waals surface area contributed by atoms with Crippen molar-refractivity contribution >= 4 is 22.6 Å². The standard InChI is InChI=1S/C32H31FN2O/c1-21-16-22(2)18-25(17-21)31(33)27-13-12-26(20-24(27)19-23-8-4-3-5-9-23)35-32(36)29-14-15-34-30-11-7-6-10-28(29)30/h3-11,14-18,24,26H,12-13,19-20H2,1-2H3,(H,35,36)/b31-27-. The molecule has 4 heteroatoms. The van der Waals surface area contributed by atoms with E-state index in [4.69, 9.17) is 0 Å². The van der Waals surface area contributed by atoms with Crippen LogP contribution < -0.4 is 5.32 Å². The molecule has 1 saturated carbocycles. The van der Waals surface area contributed by atoms with Gasteiger partial charge in [0.1, 0.15) is 5.83 Å². The molecule has 1 amide bonds. The summed E-state index contributed by atoms with van der Waals surface area (Å²) in [6.07, 6.45) is 4.47. The van der Waals surface area contributed by atoms with Gasteiger partial charge >= 0.3 is 0 Å². The van der Waals surface area contributed by atoms with Crippen molar-refractivity contribution in [2.45, 2.75) is 45.6 Å². The Kier molecular flexibility index (Phi) is 6.95. The first-order chi connectivity index (χ1) is 17.5. The molecule has 1 aliphatic carbocycles. The van der Waals surface area contributed by atoms with Crippen molar-refractivity contribution in [1.29, 1.82) is 0 Å². The fraction of sp³-hybridized carbons (Fsp3) is 0.250. The van der Waals surface area contributed by atoms with Crippen LogP contribution >= 0.6 is 0 Å². The monoisotopic (exact) mass is 478 g/mol. The van der Waals surface area contributed by atoms with E-state index in [0.717, 1.165) is 34.0 Å². The van der Waals surface area contributed by atoms with Gasteiger partial charge in [-0.15, -0.1) is 0 Å². The molecule has 0 radical (unpaired) electrons. The van der Waals surface area contributed by atoms with Gasteiger partial charge in [0.05, 0.1) is 11.1 Å². The predicted molar refractivity (Wildman–Crippen MR) is 144 cm³/mol. The third-order valence-corrected chi connectivity index (χ3v) is 7.13. The number of carbonyl (C=O) groups is 1. The van der Waals surface area contributed by atoms with E-state index in [9.17, 15) is 4.79 Å². The van der Waals surface area contributed by atoms with Crippen molar-refractivity contribution in [2.75, 3.05) is 0 Å². The fourth-order valence-corrected chi connectivity index (χ4v) is 5.51. The minimum absolute atomic E-state index is 0.0152. The van der Waals surface area contributed by atoms with Crippen molar-refractivity contribution in [3.05, 3.63) is 118 Å². The van der Waals surface area contributed by atoms with Gasteiger partial charge in [-0.2, -0.15) is 0 Å². The van der Waals surface area contributed by atoms with Crippen LogP contribution in [0, 0.1) is 19.8 Å². The number of pyridine rings is 1. The summed E-state index contributed by atoms with van der Waals surface area (Å²) < 4.78 is 15.9. The molecule has 1 fully saturated rings. The van der Waals surface area contributed by atoms with Crippen molar-refractivity contribution in [3.8, 4) is 0 Å². The fourth-order valence-electron chi connectivity index (χ4n) is 5.51. The Morgan fingerprint density at radius 3 is 2.47 bits per heavy atom. The average molecular weight is 479 g/mol. The molecule has 0 spiro atoms. The second-order valence-electron chi connectivity index (χ2n) is 9.92. The summed E-state index contributed by atoms with van der Waals surface area (Å²) in [5.74, 6) is -0.187. The molecule has 182 valence electrons. The Balaban J connectivity index is 1.42. The third kappa shape index (κ3) is 5.23. The number of fused-ring (bicyclic) bond motifs is 1. The lowest BCUT2D eigenvalue weighted by atomic mass is 9.77. The minimum atomic E-state index is -0.104. The number of aryl methyl sites for hydroxylation is 2. The Bertz CT molecular complexity index is 1400. The summed E-state index contributed by atoms with van der Waals surface area (Å²) in [7, 11) is 0. The Morgan fingerprint density at radius 1 is 0.972 bits per heavy atom. The number of rotatable bonds is 5. The maximum atomic E-state index is 15.9. The van der Waals surface area contributed by atoms with E-state index in [0.29, 0.717) is 30.4 Å². The molecule has 0 aliphatic heterocycles. The number of nitrogens with one attached hydrogen (secondary N) is 1. The lowest BCUT2D eigenvalue weighted by Crippen LogP contribution is -2.39. The first-order valence-electron chi connectivity index (χ1n) is 12.6. The molecule has 4 aromatic rings. The average Bonchev–Trinajstić information content (AvgIpc) is 2.88. The second kappa shape index (κ2) is 10.4. The van der Waals surface area contributed by atoms with Crippen LogP contribution in [0.15, 0.2) is 90.6 Å². The number of amides is 1. The molecule has 3 aromatic carbocycles. The highest BCUT2D eigenvalue weighted by atomic mass is 19.1. The van der Waals surface area contributed by atoms with Crippen LogP contribution in [-0.2, 0) is 6.42 Å². The van der Waals surface area contributed by atoms with Crippen LogP contribution in [0.2, 0.25) is 0 Å². The van der Waals surface area contributed by atoms with E-state index < -0.39 is 0 Å². The molecule has 2 unspecified atom stereocenters. The zero-order valence-corrected chi connectivity index (χ0v) is 20.8. The number of hydrogen-bond acceptors (Lipinski definition) is 2. The predicted octanol–water partition coefficient (Wildman–Crippen LogP) is 7.37. The number of carbonyl (C=O) groups excluding carboxylic acids is 1. The molecule has 0 bridgehead atoms. The molecular formula is C32H31FN2O. The molecule has 1 N–H and O–H groups in total. The summed E-state index contributed by atoms with van der Waals surface area (Å²) >= 11 is 0. The van der Waals surface area contributed by atoms with Gasteiger partial charge in [-0.25, -0.2) is 4.39 Å². The Hall–Kier alpha value is -3.79. The lowest BCUT2D eigenvalue weighted by Gasteiger charge is -2.33. The number of benzene rings is 3. The van der Waals surface area contributed by atoms with E-state index in [1.807, 2.05) is 68.4 Å². The van der Waals surface area contributed by atoms with Gasteiger partial charge < -0.3 is 5.32 Å². The number of nitrogens with zero attached hydrogens (tertiary/aromatic N) is 1. The molecule has 2 atom stereocenters. The first kappa shape index (κ1) is 23.9. The van der Waals surface area contributed by atoms with Gasteiger partial charge in [-0.05, 0) is 80.9 Å². The highest BCUT2D eigenvalue weighted by Crippen LogP contribution is 2.38. The summed E-state index contributed by atoms with van der Waals surface area (Å²) in [4.78, 5) is 17.7. The van der Waals surface area contributed by atoms with Crippen molar-refractivity contribution in [1.82, 2.24) is 10.3 Å². The zero-order valence-electron chi connectivity index (χ0n) is 20.8. The van der Waals surface area contributed by atoms with Crippen molar-refractivity contribution < 1.29 is 9.18 Å². The maximum absolute atomic E-state index is 15.9. The molecule has 3 nitrogen and oxygen atoms in total. The summed E-state index contributed by atoms with van der Waals surface area (Å²) in [5, 5.41) is 4.09. The van der Waals surface area contributed by atoms with Crippen molar-refractivity contribution in [3.63, 3.8) is 0 Å². The van der Waals surface area contributed by atoms with E-state index in [1.54, 1.807) is 12.3 Å². The zero-order chi connectivity index (χ0) is 25.1. The number of para-hydroxylation sites is 1. The molecule has 1 aromatic heterocycles. The van der Waals surface area contributed by atoms with Crippen LogP contribution in [0.25, 0.3) is 16.7 Å². The van der Waals surface area contributed by atoms with Crippen LogP contribution in [0.5, 0.6) is 0 Å². The molecule has 1 aliphatic rings. The highest BCUT2D eigenvalue weighted by molar-refractivity contribution is 6.06. The van der Waals surface area contributed by atoms with E-state index in [1.165, 1.54) is 5.56 Å². The summed E-state index contributed by atoms with van der Waals surface area (Å²) in [6.45, 7) is 4.01. The van der Waals surface area contributed by atoms with Gasteiger partial charge in [0, 0.05) is 23.2 Å². The quantitative estimate of drug-likeness (QED) is 0.325. The second-order valence-corrected chi connectivity index (χ2v) is 9.92. The van der Waals surface area contributed by atoms with E-state index >= 15 is 4.39 Å². The van der Waals surface area contributed by atoms with Gasteiger partial charge in [0.25, 0.3) is 5.91 Å². The number of halogens is 1. The van der Waals surface area contributed by atoms with Gasteiger partial charge in [-0.3, -0.25) is 9.78 Å². The van der Waals surface area contributed by atoms with Crippen LogP contribution in [-0.4, -0.2) is 16.9 Å². The van der Waals surface area contributed by atoms with Crippen molar-refractivity contribution in [2.24, 2.45) is 5.92 Å². The minimum Gasteiger partial charge on any atom is -0.349 e. The molecular weight excluding hydrogens is 447 g/mol. The van der Waals surface area contributed by atoms with Crippen LogP contribution in [0.1, 0.15) is 51.9 Å². The number of allylic oxidation sites excluding steroid dienone is 1. The van der Waals surface area contributed by atoms with Gasteiger partial charge in [0.15, 0.2) is 0 Å². The number of hydrogen-bond donors (Lipinski definition) is 1. The number of aromatic nitrogens is 1. The first-order valence-corrected chi connectivity index (χ1v) is 12.6. The van der Waals surface area contributed by atoms with E-state index in [-0.39, 0.29) is 23.7 Å². The van der Waals surface area contributed by atoms with E-state index in [2.05, 4.69) is 28.5 Å². The molecule has 1 heterocycles. The smallest absolute Gasteiger partial charge is 0.252 e. The SMILES string of the molecule is Cc1cc(C)cc(/C(F)=C2\CCC(NC(=O)c3ccnc4ccccc34)CC2Cc2ccccc2)c1. The van der Waals surface area contributed by atoms with Crippen LogP contribution in [0.4, 0.5) is 4.39 Å². The maximum Gasteiger partial charge on any atom is 0.252 e. The summed E-state index contributed by atoms with van der Waals surface area (Å²) in [6, 6.07) is 25.6. The Labute approximate surface area is 212 Å². The largest absolute Gasteiger partial charge is 0.349 e. The van der Waals surface area contributed by atoms with Gasteiger partial charge in [-0.1, -0.05) is 65.7 Å². The lowest BCUT2D eigenvalue weighted by molar-refractivity contribution is 0.0927. The third-order valence-electron chi connectivity index (χ3n) is 7.13. The Morgan fingerprint density at radius 2 is 1.69 bits per heavy atom. The molecule has 36 heavy (non-hydrogen) atoms. The molecule has 0 saturated heterocycles. The topological polar surface area (TPSA) is 42.0 Å². The normalized spacial score (nSPS) is 19.2.